The van der Waals surface area contributed by atoms with Crippen molar-refractivity contribution in [1.29, 1.82) is 0 Å². The molecule has 0 aliphatic heterocycles. The van der Waals surface area contributed by atoms with E-state index in [9.17, 15) is 0 Å². The van der Waals surface area contributed by atoms with E-state index in [4.69, 9.17) is 5.73 Å². The zero-order valence-electron chi connectivity index (χ0n) is 13.4. The number of thioether (sulfide) groups is 1. The lowest BCUT2D eigenvalue weighted by Gasteiger charge is -2.19. The number of nitrogens with two attached hydrogens (primary N) is 1. The lowest BCUT2D eigenvalue weighted by Crippen LogP contribution is -2.14. The Morgan fingerprint density at radius 1 is 1.00 bits per heavy atom. The van der Waals surface area contributed by atoms with Crippen LogP contribution in [0.2, 0.25) is 0 Å². The van der Waals surface area contributed by atoms with Gasteiger partial charge in [0.05, 0.1) is 0 Å². The highest BCUT2D eigenvalue weighted by molar-refractivity contribution is 7.99. The molecular weight excluding hydrogens is 274 g/mol. The standard InChI is InChI=1S/C19H25NS/c1-14-7-5-6-8-17(14)18(20)13-21-16-11-9-15(10-12-16)19(2,3)4/h5-12,18H,13,20H2,1-4H3. The fraction of sp³-hybridized carbons (Fsp3) is 0.368. The summed E-state index contributed by atoms with van der Waals surface area (Å²) in [6.45, 7) is 8.84. The van der Waals surface area contributed by atoms with Crippen LogP contribution in [-0.2, 0) is 5.41 Å². The van der Waals surface area contributed by atoms with E-state index in [0.717, 1.165) is 5.75 Å². The fourth-order valence-corrected chi connectivity index (χ4v) is 3.21. The third-order valence-corrected chi connectivity index (χ3v) is 4.87. The molecule has 1 atom stereocenters. The summed E-state index contributed by atoms with van der Waals surface area (Å²) in [5.74, 6) is 0.902. The lowest BCUT2D eigenvalue weighted by molar-refractivity contribution is 0.590. The lowest BCUT2D eigenvalue weighted by atomic mass is 9.87. The summed E-state index contributed by atoms with van der Waals surface area (Å²) in [6.07, 6.45) is 0. The van der Waals surface area contributed by atoms with Gasteiger partial charge in [-0.3, -0.25) is 0 Å². The molecule has 0 saturated carbocycles. The molecule has 2 aromatic carbocycles. The molecule has 112 valence electrons. The van der Waals surface area contributed by atoms with E-state index >= 15 is 0 Å². The monoisotopic (exact) mass is 299 g/mol. The summed E-state index contributed by atoms with van der Waals surface area (Å²) in [5.41, 5.74) is 10.4. The van der Waals surface area contributed by atoms with Gasteiger partial charge in [0, 0.05) is 16.7 Å². The summed E-state index contributed by atoms with van der Waals surface area (Å²) < 4.78 is 0. The van der Waals surface area contributed by atoms with Gasteiger partial charge in [0.1, 0.15) is 0 Å². The smallest absolute Gasteiger partial charge is 0.0392 e. The molecule has 0 aliphatic carbocycles. The SMILES string of the molecule is Cc1ccccc1C(N)CSc1ccc(C(C)(C)C)cc1. The van der Waals surface area contributed by atoms with Crippen LogP contribution in [0.4, 0.5) is 0 Å². The van der Waals surface area contributed by atoms with Gasteiger partial charge < -0.3 is 5.73 Å². The molecule has 0 fully saturated rings. The van der Waals surface area contributed by atoms with Gasteiger partial charge in [-0.25, -0.2) is 0 Å². The first-order chi connectivity index (χ1) is 9.88. The van der Waals surface area contributed by atoms with Crippen LogP contribution < -0.4 is 5.73 Å². The first-order valence-corrected chi connectivity index (χ1v) is 8.41. The second-order valence-corrected chi connectivity index (χ2v) is 7.64. The number of hydrogen-bond donors (Lipinski definition) is 1. The van der Waals surface area contributed by atoms with Crippen LogP contribution in [-0.4, -0.2) is 5.75 Å². The Labute approximate surface area is 133 Å². The molecule has 2 N–H and O–H groups in total. The van der Waals surface area contributed by atoms with Crippen molar-refractivity contribution in [1.82, 2.24) is 0 Å². The Morgan fingerprint density at radius 2 is 1.62 bits per heavy atom. The van der Waals surface area contributed by atoms with Crippen molar-refractivity contribution in [2.75, 3.05) is 5.75 Å². The molecule has 2 aromatic rings. The minimum atomic E-state index is 0.0819. The quantitative estimate of drug-likeness (QED) is 0.796. The van der Waals surface area contributed by atoms with Crippen LogP contribution in [0.25, 0.3) is 0 Å². The van der Waals surface area contributed by atoms with E-state index in [1.165, 1.54) is 21.6 Å². The molecule has 0 aromatic heterocycles. The molecule has 21 heavy (non-hydrogen) atoms. The van der Waals surface area contributed by atoms with Crippen molar-refractivity contribution >= 4 is 11.8 Å². The van der Waals surface area contributed by atoms with E-state index in [0.29, 0.717) is 0 Å². The van der Waals surface area contributed by atoms with Gasteiger partial charge in [-0.05, 0) is 41.2 Å². The van der Waals surface area contributed by atoms with Crippen LogP contribution in [0, 0.1) is 6.92 Å². The minimum Gasteiger partial charge on any atom is -0.323 e. The van der Waals surface area contributed by atoms with E-state index in [2.05, 4.69) is 76.2 Å². The Morgan fingerprint density at radius 3 is 2.19 bits per heavy atom. The zero-order valence-corrected chi connectivity index (χ0v) is 14.2. The third kappa shape index (κ3) is 4.36. The Hall–Kier alpha value is -1.25. The average molecular weight is 299 g/mol. The van der Waals surface area contributed by atoms with Gasteiger partial charge in [-0.1, -0.05) is 57.2 Å². The fourth-order valence-electron chi connectivity index (χ4n) is 2.33. The van der Waals surface area contributed by atoms with Crippen molar-refractivity contribution in [3.8, 4) is 0 Å². The highest BCUT2D eigenvalue weighted by Gasteiger charge is 2.13. The predicted octanol–water partition coefficient (Wildman–Crippen LogP) is 5.08. The average Bonchev–Trinajstić information content (AvgIpc) is 2.45. The van der Waals surface area contributed by atoms with Crippen molar-refractivity contribution in [3.63, 3.8) is 0 Å². The summed E-state index contributed by atoms with van der Waals surface area (Å²) >= 11 is 1.83. The molecule has 0 radical (unpaired) electrons. The molecule has 2 heteroatoms. The normalized spacial score (nSPS) is 13.2. The van der Waals surface area contributed by atoms with Gasteiger partial charge >= 0.3 is 0 Å². The van der Waals surface area contributed by atoms with E-state index in [1.807, 2.05) is 11.8 Å². The maximum Gasteiger partial charge on any atom is 0.0392 e. The molecule has 0 heterocycles. The number of benzene rings is 2. The zero-order chi connectivity index (χ0) is 15.5. The van der Waals surface area contributed by atoms with Crippen LogP contribution in [0.5, 0.6) is 0 Å². The first kappa shape index (κ1) is 16.1. The van der Waals surface area contributed by atoms with E-state index in [1.54, 1.807) is 0 Å². The van der Waals surface area contributed by atoms with E-state index in [-0.39, 0.29) is 11.5 Å². The molecule has 0 spiro atoms. The molecule has 2 rings (SSSR count). The largest absolute Gasteiger partial charge is 0.323 e. The Bertz CT molecular complexity index is 581. The third-order valence-electron chi connectivity index (χ3n) is 3.74. The summed E-state index contributed by atoms with van der Waals surface area (Å²) in [5, 5.41) is 0. The van der Waals surface area contributed by atoms with Crippen LogP contribution in [0.15, 0.2) is 53.4 Å². The van der Waals surface area contributed by atoms with Crippen LogP contribution >= 0.6 is 11.8 Å². The molecule has 0 saturated heterocycles. The van der Waals surface area contributed by atoms with Gasteiger partial charge in [0.25, 0.3) is 0 Å². The number of aryl methyl sites for hydroxylation is 1. The minimum absolute atomic E-state index is 0.0819. The van der Waals surface area contributed by atoms with Crippen LogP contribution in [0.3, 0.4) is 0 Å². The van der Waals surface area contributed by atoms with Gasteiger partial charge in [-0.2, -0.15) is 0 Å². The molecule has 0 bridgehead atoms. The highest BCUT2D eigenvalue weighted by atomic mass is 32.2. The first-order valence-electron chi connectivity index (χ1n) is 7.42. The van der Waals surface area contributed by atoms with Crippen molar-refractivity contribution in [2.45, 2.75) is 44.0 Å². The molecule has 1 unspecified atom stereocenters. The summed E-state index contributed by atoms with van der Waals surface area (Å²) in [6, 6.07) is 17.3. The number of rotatable bonds is 4. The topological polar surface area (TPSA) is 26.0 Å². The Balaban J connectivity index is 1.99. The summed E-state index contributed by atoms with van der Waals surface area (Å²) in [7, 11) is 0. The second kappa shape index (κ2) is 6.67. The van der Waals surface area contributed by atoms with Crippen molar-refractivity contribution < 1.29 is 0 Å². The predicted molar refractivity (Wildman–Crippen MR) is 94.0 cm³/mol. The molecule has 1 nitrogen and oxygen atoms in total. The molecule has 0 aliphatic rings. The van der Waals surface area contributed by atoms with Crippen molar-refractivity contribution in [3.05, 3.63) is 65.2 Å². The van der Waals surface area contributed by atoms with Gasteiger partial charge in [-0.15, -0.1) is 11.8 Å². The highest BCUT2D eigenvalue weighted by Crippen LogP contribution is 2.28. The maximum absolute atomic E-state index is 6.32. The van der Waals surface area contributed by atoms with Crippen molar-refractivity contribution in [2.24, 2.45) is 5.73 Å². The Kier molecular flexibility index (Phi) is 5.13. The molecular formula is C19H25NS. The number of hydrogen-bond acceptors (Lipinski definition) is 2. The van der Waals surface area contributed by atoms with Gasteiger partial charge in [0.15, 0.2) is 0 Å². The van der Waals surface area contributed by atoms with Crippen LogP contribution in [0.1, 0.15) is 43.5 Å². The maximum atomic E-state index is 6.32. The second-order valence-electron chi connectivity index (χ2n) is 6.55. The molecule has 0 amide bonds. The van der Waals surface area contributed by atoms with E-state index < -0.39 is 0 Å². The van der Waals surface area contributed by atoms with Gasteiger partial charge in [0.2, 0.25) is 0 Å². The summed E-state index contributed by atoms with van der Waals surface area (Å²) in [4.78, 5) is 1.28.